The van der Waals surface area contributed by atoms with Crippen molar-refractivity contribution in [2.24, 2.45) is 0 Å². The first-order valence-corrected chi connectivity index (χ1v) is 8.78. The maximum Gasteiger partial charge on any atom is 0.220 e. The fraction of sp³-hybridized carbons (Fsp3) is 0.333. The van der Waals surface area contributed by atoms with E-state index in [4.69, 9.17) is 9.47 Å². The van der Waals surface area contributed by atoms with E-state index in [9.17, 15) is 9.59 Å². The van der Waals surface area contributed by atoms with E-state index in [1.165, 1.54) is 0 Å². The molecule has 2 rings (SSSR count). The van der Waals surface area contributed by atoms with Crippen molar-refractivity contribution >= 4 is 11.7 Å². The number of carbonyl (C=O) groups excluding carboxylic acids is 2. The van der Waals surface area contributed by atoms with Crippen LogP contribution in [0.2, 0.25) is 0 Å². The first-order valence-electron chi connectivity index (χ1n) is 8.78. The van der Waals surface area contributed by atoms with Crippen molar-refractivity contribution < 1.29 is 19.1 Å². The number of ether oxygens (including phenoxy) is 2. The summed E-state index contributed by atoms with van der Waals surface area (Å²) in [5.41, 5.74) is 1.72. The number of hydrogen-bond donors (Lipinski definition) is 1. The summed E-state index contributed by atoms with van der Waals surface area (Å²) >= 11 is 0. The highest BCUT2D eigenvalue weighted by molar-refractivity contribution is 5.98. The van der Waals surface area contributed by atoms with Gasteiger partial charge in [-0.3, -0.25) is 9.59 Å². The van der Waals surface area contributed by atoms with E-state index in [1.807, 2.05) is 31.2 Å². The van der Waals surface area contributed by atoms with Gasteiger partial charge in [0.1, 0.15) is 11.5 Å². The predicted molar refractivity (Wildman–Crippen MR) is 101 cm³/mol. The van der Waals surface area contributed by atoms with Crippen LogP contribution < -0.4 is 14.8 Å². The summed E-state index contributed by atoms with van der Waals surface area (Å²) in [7, 11) is 1.63. The maximum absolute atomic E-state index is 12.1. The van der Waals surface area contributed by atoms with Crippen LogP contribution in [0.4, 0.5) is 0 Å². The van der Waals surface area contributed by atoms with Crippen molar-refractivity contribution in [1.29, 1.82) is 0 Å². The molecule has 0 bridgehead atoms. The quantitative estimate of drug-likeness (QED) is 0.663. The average molecular weight is 355 g/mol. The smallest absolute Gasteiger partial charge is 0.220 e. The molecule has 0 aliphatic rings. The van der Waals surface area contributed by atoms with Gasteiger partial charge >= 0.3 is 0 Å². The number of benzene rings is 2. The van der Waals surface area contributed by atoms with Gasteiger partial charge in [-0.15, -0.1) is 0 Å². The lowest BCUT2D eigenvalue weighted by molar-refractivity contribution is -0.121. The molecular weight excluding hydrogens is 330 g/mol. The van der Waals surface area contributed by atoms with Crippen LogP contribution in [0, 0.1) is 0 Å². The lowest BCUT2D eigenvalue weighted by Gasteiger charge is -2.07. The van der Waals surface area contributed by atoms with Crippen LogP contribution >= 0.6 is 0 Å². The number of Topliss-reactive ketones (excluding diaryl/α,β-unsaturated/α-hetero) is 1. The second-order valence-corrected chi connectivity index (χ2v) is 5.83. The predicted octanol–water partition coefficient (Wildman–Crippen LogP) is 3.42. The molecule has 0 fully saturated rings. The third-order valence-corrected chi connectivity index (χ3v) is 3.96. The van der Waals surface area contributed by atoms with Gasteiger partial charge in [0, 0.05) is 24.9 Å². The van der Waals surface area contributed by atoms with Crippen molar-refractivity contribution in [2.75, 3.05) is 20.3 Å². The third kappa shape index (κ3) is 6.24. The summed E-state index contributed by atoms with van der Waals surface area (Å²) in [6.07, 6.45) is 1.12. The van der Waals surface area contributed by atoms with E-state index in [-0.39, 0.29) is 24.5 Å². The molecule has 0 unspecified atom stereocenters. The SMILES string of the molecule is CCOc1ccc(C(=O)CCC(=O)NCCc2ccc(OC)cc2)cc1. The number of hydrogen-bond acceptors (Lipinski definition) is 4. The van der Waals surface area contributed by atoms with Gasteiger partial charge < -0.3 is 14.8 Å². The Labute approximate surface area is 154 Å². The summed E-state index contributed by atoms with van der Waals surface area (Å²) < 4.78 is 10.5. The molecule has 2 aromatic carbocycles. The molecule has 0 spiro atoms. The van der Waals surface area contributed by atoms with Crippen LogP contribution in [-0.4, -0.2) is 32.0 Å². The van der Waals surface area contributed by atoms with Crippen molar-refractivity contribution in [3.05, 3.63) is 59.7 Å². The first kappa shape index (κ1) is 19.5. The molecule has 26 heavy (non-hydrogen) atoms. The van der Waals surface area contributed by atoms with Gasteiger partial charge in [0.15, 0.2) is 5.78 Å². The topological polar surface area (TPSA) is 64.6 Å². The van der Waals surface area contributed by atoms with Crippen LogP contribution in [0.3, 0.4) is 0 Å². The largest absolute Gasteiger partial charge is 0.497 e. The first-order chi connectivity index (χ1) is 12.6. The van der Waals surface area contributed by atoms with Crippen LogP contribution in [0.25, 0.3) is 0 Å². The molecule has 0 aliphatic heterocycles. The Hall–Kier alpha value is -2.82. The Balaban J connectivity index is 1.69. The Morgan fingerprint density at radius 3 is 2.19 bits per heavy atom. The Bertz CT molecular complexity index is 708. The highest BCUT2D eigenvalue weighted by atomic mass is 16.5. The molecular formula is C21H25NO4. The van der Waals surface area contributed by atoms with Gasteiger partial charge in [0.25, 0.3) is 0 Å². The van der Waals surface area contributed by atoms with Crippen molar-refractivity contribution in [2.45, 2.75) is 26.2 Å². The van der Waals surface area contributed by atoms with E-state index < -0.39 is 0 Å². The van der Waals surface area contributed by atoms with Crippen LogP contribution in [0.1, 0.15) is 35.7 Å². The van der Waals surface area contributed by atoms with Crippen LogP contribution in [0.5, 0.6) is 11.5 Å². The van der Waals surface area contributed by atoms with Gasteiger partial charge in [0.2, 0.25) is 5.91 Å². The molecule has 0 aromatic heterocycles. The molecule has 0 heterocycles. The zero-order chi connectivity index (χ0) is 18.8. The Morgan fingerprint density at radius 1 is 0.923 bits per heavy atom. The molecule has 138 valence electrons. The number of amides is 1. The van der Waals surface area contributed by atoms with Crippen LogP contribution in [0.15, 0.2) is 48.5 Å². The molecule has 5 nitrogen and oxygen atoms in total. The minimum Gasteiger partial charge on any atom is -0.497 e. The fourth-order valence-corrected chi connectivity index (χ4v) is 2.50. The van der Waals surface area contributed by atoms with Crippen molar-refractivity contribution in [1.82, 2.24) is 5.32 Å². The zero-order valence-corrected chi connectivity index (χ0v) is 15.3. The van der Waals surface area contributed by atoms with Crippen molar-refractivity contribution in [3.8, 4) is 11.5 Å². The normalized spacial score (nSPS) is 10.2. The molecule has 5 heteroatoms. The van der Waals surface area contributed by atoms with Crippen LogP contribution in [-0.2, 0) is 11.2 Å². The summed E-state index contributed by atoms with van der Waals surface area (Å²) in [6.45, 7) is 3.04. The molecule has 1 amide bonds. The van der Waals surface area contributed by atoms with E-state index in [0.717, 1.165) is 23.5 Å². The second kappa shape index (κ2) is 10.2. The summed E-state index contributed by atoms with van der Waals surface area (Å²) in [5, 5.41) is 2.85. The lowest BCUT2D eigenvalue weighted by Crippen LogP contribution is -2.26. The van der Waals surface area contributed by atoms with Crippen molar-refractivity contribution in [3.63, 3.8) is 0 Å². The highest BCUT2D eigenvalue weighted by Gasteiger charge is 2.09. The Kier molecular flexibility index (Phi) is 7.68. The monoisotopic (exact) mass is 355 g/mol. The maximum atomic E-state index is 12.1. The van der Waals surface area contributed by atoms with Gasteiger partial charge in [-0.2, -0.15) is 0 Å². The number of carbonyl (C=O) groups is 2. The number of nitrogens with one attached hydrogen (secondary N) is 1. The van der Waals surface area contributed by atoms with E-state index in [0.29, 0.717) is 18.7 Å². The molecule has 0 aliphatic carbocycles. The molecule has 0 radical (unpaired) electrons. The summed E-state index contributed by atoms with van der Waals surface area (Å²) in [4.78, 5) is 24.0. The summed E-state index contributed by atoms with van der Waals surface area (Å²) in [5.74, 6) is 1.39. The van der Waals surface area contributed by atoms with Gasteiger partial charge in [-0.05, 0) is 55.3 Å². The fourth-order valence-electron chi connectivity index (χ4n) is 2.50. The van der Waals surface area contributed by atoms with E-state index in [2.05, 4.69) is 5.32 Å². The molecule has 2 aromatic rings. The minimum atomic E-state index is -0.113. The number of methoxy groups -OCH3 is 1. The lowest BCUT2D eigenvalue weighted by atomic mass is 10.1. The minimum absolute atomic E-state index is 0.0432. The number of rotatable bonds is 10. The van der Waals surface area contributed by atoms with E-state index >= 15 is 0 Å². The molecule has 0 atom stereocenters. The van der Waals surface area contributed by atoms with Gasteiger partial charge in [-0.1, -0.05) is 12.1 Å². The summed E-state index contributed by atoms with van der Waals surface area (Å²) in [6, 6.07) is 14.7. The Morgan fingerprint density at radius 2 is 1.58 bits per heavy atom. The molecule has 0 saturated carbocycles. The third-order valence-electron chi connectivity index (χ3n) is 3.96. The number of ketones is 1. The zero-order valence-electron chi connectivity index (χ0n) is 15.3. The molecule has 1 N–H and O–H groups in total. The highest BCUT2D eigenvalue weighted by Crippen LogP contribution is 2.14. The molecule has 0 saturated heterocycles. The second-order valence-electron chi connectivity index (χ2n) is 5.83. The van der Waals surface area contributed by atoms with Gasteiger partial charge in [0.05, 0.1) is 13.7 Å². The standard InChI is InChI=1S/C21H25NO4/c1-3-26-19-10-6-17(7-11-19)20(23)12-13-21(24)22-15-14-16-4-8-18(25-2)9-5-16/h4-11H,3,12-15H2,1-2H3,(H,22,24). The average Bonchev–Trinajstić information content (AvgIpc) is 2.67. The van der Waals surface area contributed by atoms with Gasteiger partial charge in [-0.25, -0.2) is 0 Å². The van der Waals surface area contributed by atoms with E-state index in [1.54, 1.807) is 31.4 Å².